The number of hydrogen-bond donors (Lipinski definition) is 1. The fourth-order valence-electron chi connectivity index (χ4n) is 2.54. The quantitative estimate of drug-likeness (QED) is 0.691. The smallest absolute Gasteiger partial charge is 0.178 e. The van der Waals surface area contributed by atoms with Crippen molar-refractivity contribution in [1.29, 1.82) is 0 Å². The zero-order valence-electron chi connectivity index (χ0n) is 11.8. The highest BCUT2D eigenvalue weighted by molar-refractivity contribution is 7.71. The van der Waals surface area contributed by atoms with Crippen molar-refractivity contribution in [3.05, 3.63) is 57.8 Å². The number of fused-ring (bicyclic) bond motifs is 1. The number of H-pyrrole nitrogens is 1. The largest absolute Gasteiger partial charge is 0.497 e. The summed E-state index contributed by atoms with van der Waals surface area (Å²) in [4.78, 5) is 3.23. The molecule has 0 aliphatic rings. The lowest BCUT2D eigenvalue weighted by Crippen LogP contribution is -2.06. The summed E-state index contributed by atoms with van der Waals surface area (Å²) >= 11 is 11.6. The van der Waals surface area contributed by atoms with Gasteiger partial charge in [-0.05, 0) is 49.0 Å². The van der Waals surface area contributed by atoms with Gasteiger partial charge >= 0.3 is 0 Å². The Morgan fingerprint density at radius 3 is 2.76 bits per heavy atom. The van der Waals surface area contributed by atoms with E-state index < -0.39 is 0 Å². The second-order valence-corrected chi connectivity index (χ2v) is 5.74. The lowest BCUT2D eigenvalue weighted by atomic mass is 10.1. The molecule has 1 atom stereocenters. The average Bonchev–Trinajstić information content (AvgIpc) is 2.81. The first kappa shape index (κ1) is 14.2. The number of ether oxygens (including phenoxy) is 1. The summed E-state index contributed by atoms with van der Waals surface area (Å²) in [6.07, 6.45) is 0. The minimum atomic E-state index is 0.0957. The number of imidazole rings is 1. The van der Waals surface area contributed by atoms with Crippen LogP contribution in [0.15, 0.2) is 42.5 Å². The van der Waals surface area contributed by atoms with Crippen LogP contribution in [0.3, 0.4) is 0 Å². The van der Waals surface area contributed by atoms with Gasteiger partial charge in [0.25, 0.3) is 0 Å². The minimum Gasteiger partial charge on any atom is -0.497 e. The Hall–Kier alpha value is -1.78. The molecule has 0 amide bonds. The van der Waals surface area contributed by atoms with E-state index in [-0.39, 0.29) is 6.04 Å². The molecule has 3 nitrogen and oxygen atoms in total. The third-order valence-electron chi connectivity index (χ3n) is 3.64. The number of hydrogen-bond acceptors (Lipinski definition) is 2. The summed E-state index contributed by atoms with van der Waals surface area (Å²) in [5.74, 6) is 0.807. The van der Waals surface area contributed by atoms with E-state index in [0.717, 1.165) is 27.4 Å². The van der Waals surface area contributed by atoms with Gasteiger partial charge in [0.15, 0.2) is 4.77 Å². The second kappa shape index (κ2) is 5.54. The van der Waals surface area contributed by atoms with Crippen LogP contribution in [0.4, 0.5) is 0 Å². The van der Waals surface area contributed by atoms with Crippen LogP contribution >= 0.6 is 23.8 Å². The molecule has 0 saturated heterocycles. The van der Waals surface area contributed by atoms with E-state index in [2.05, 4.69) is 22.5 Å². The van der Waals surface area contributed by atoms with E-state index >= 15 is 0 Å². The number of methoxy groups -OCH3 is 1. The van der Waals surface area contributed by atoms with Crippen molar-refractivity contribution >= 4 is 34.9 Å². The molecule has 0 aliphatic carbocycles. The van der Waals surface area contributed by atoms with E-state index in [0.29, 0.717) is 4.77 Å². The van der Waals surface area contributed by atoms with Crippen LogP contribution in [0, 0.1) is 4.77 Å². The van der Waals surface area contributed by atoms with Gasteiger partial charge in [0.05, 0.1) is 24.2 Å². The third-order valence-corrected chi connectivity index (χ3v) is 4.18. The van der Waals surface area contributed by atoms with Crippen LogP contribution in [0.1, 0.15) is 18.5 Å². The number of benzene rings is 2. The Morgan fingerprint density at radius 2 is 2.05 bits per heavy atom. The van der Waals surface area contributed by atoms with Crippen molar-refractivity contribution in [2.24, 2.45) is 0 Å². The molecule has 2 aromatic carbocycles. The lowest BCUT2D eigenvalue weighted by molar-refractivity contribution is 0.415. The Morgan fingerprint density at radius 1 is 1.24 bits per heavy atom. The molecule has 5 heteroatoms. The minimum absolute atomic E-state index is 0.0957. The fourth-order valence-corrected chi connectivity index (χ4v) is 3.10. The third kappa shape index (κ3) is 2.57. The summed E-state index contributed by atoms with van der Waals surface area (Å²) in [7, 11) is 1.65. The van der Waals surface area contributed by atoms with Crippen LogP contribution in [0.5, 0.6) is 5.75 Å². The molecule has 1 N–H and O–H groups in total. The highest BCUT2D eigenvalue weighted by Crippen LogP contribution is 2.27. The van der Waals surface area contributed by atoms with Crippen LogP contribution in [0.25, 0.3) is 11.0 Å². The zero-order chi connectivity index (χ0) is 15.0. The number of nitrogens with one attached hydrogen (secondary N) is 1. The lowest BCUT2D eigenvalue weighted by Gasteiger charge is -2.15. The average molecular weight is 319 g/mol. The molecule has 1 aromatic heterocycles. The number of nitrogens with zero attached hydrogens (tertiary/aromatic N) is 1. The maximum Gasteiger partial charge on any atom is 0.178 e. The highest BCUT2D eigenvalue weighted by atomic mass is 35.5. The maximum atomic E-state index is 6.09. The predicted octanol–water partition coefficient (Wildman–Crippen LogP) is 4.97. The van der Waals surface area contributed by atoms with Crippen molar-refractivity contribution in [3.8, 4) is 5.75 Å². The van der Waals surface area contributed by atoms with Gasteiger partial charge in [-0.2, -0.15) is 0 Å². The summed E-state index contributed by atoms with van der Waals surface area (Å²) < 4.78 is 8.03. The van der Waals surface area contributed by atoms with Gasteiger partial charge < -0.3 is 14.3 Å². The van der Waals surface area contributed by atoms with Crippen molar-refractivity contribution in [3.63, 3.8) is 0 Å². The van der Waals surface area contributed by atoms with Crippen molar-refractivity contribution < 1.29 is 4.74 Å². The van der Waals surface area contributed by atoms with Crippen molar-refractivity contribution in [2.75, 3.05) is 7.11 Å². The van der Waals surface area contributed by atoms with Crippen molar-refractivity contribution in [2.45, 2.75) is 13.0 Å². The van der Waals surface area contributed by atoms with E-state index in [4.69, 9.17) is 28.6 Å². The first-order chi connectivity index (χ1) is 10.1. The molecule has 0 fully saturated rings. The summed E-state index contributed by atoms with van der Waals surface area (Å²) in [5, 5.41) is 0.729. The Balaban J connectivity index is 2.15. The number of rotatable bonds is 3. The predicted molar refractivity (Wildman–Crippen MR) is 88.9 cm³/mol. The van der Waals surface area contributed by atoms with Gasteiger partial charge in [0.1, 0.15) is 5.75 Å². The molecule has 0 saturated carbocycles. The SMILES string of the molecule is COc1ccc2c(c1)[nH]c(=S)n2C(C)c1cccc(Cl)c1. The number of aromatic amines is 1. The topological polar surface area (TPSA) is 29.9 Å². The Bertz CT molecular complexity index is 853. The molecule has 3 rings (SSSR count). The normalized spacial score (nSPS) is 12.5. The Kier molecular flexibility index (Phi) is 3.74. The van der Waals surface area contributed by atoms with Gasteiger partial charge in [0.2, 0.25) is 0 Å². The number of halogens is 1. The van der Waals surface area contributed by atoms with Gasteiger partial charge in [-0.3, -0.25) is 0 Å². The zero-order valence-corrected chi connectivity index (χ0v) is 13.3. The van der Waals surface area contributed by atoms with E-state index in [1.807, 2.05) is 36.4 Å². The van der Waals surface area contributed by atoms with Crippen LogP contribution in [-0.4, -0.2) is 16.7 Å². The van der Waals surface area contributed by atoms with Gasteiger partial charge in [-0.25, -0.2) is 0 Å². The summed E-state index contributed by atoms with van der Waals surface area (Å²) in [6.45, 7) is 2.11. The highest BCUT2D eigenvalue weighted by Gasteiger charge is 2.13. The van der Waals surface area contributed by atoms with Gasteiger partial charge in [-0.1, -0.05) is 23.7 Å². The van der Waals surface area contributed by atoms with E-state index in [1.54, 1.807) is 7.11 Å². The van der Waals surface area contributed by atoms with Crippen LogP contribution in [0.2, 0.25) is 5.02 Å². The van der Waals surface area contributed by atoms with E-state index in [9.17, 15) is 0 Å². The maximum absolute atomic E-state index is 6.09. The molecule has 108 valence electrons. The monoisotopic (exact) mass is 318 g/mol. The molecule has 0 radical (unpaired) electrons. The molecule has 0 bridgehead atoms. The first-order valence-electron chi connectivity index (χ1n) is 6.64. The van der Waals surface area contributed by atoms with Gasteiger partial charge in [-0.15, -0.1) is 0 Å². The summed E-state index contributed by atoms with van der Waals surface area (Å²) in [6, 6.07) is 13.8. The number of aromatic nitrogens is 2. The summed E-state index contributed by atoms with van der Waals surface area (Å²) in [5.41, 5.74) is 3.14. The standard InChI is InChI=1S/C16H15ClN2OS/c1-10(11-4-3-5-12(17)8-11)19-15-7-6-13(20-2)9-14(15)18-16(19)21/h3-10H,1-2H3,(H,18,21). The van der Waals surface area contributed by atoms with Gasteiger partial charge in [0, 0.05) is 11.1 Å². The fraction of sp³-hybridized carbons (Fsp3) is 0.188. The molecular formula is C16H15ClN2OS. The molecular weight excluding hydrogens is 304 g/mol. The molecule has 1 unspecified atom stereocenters. The Labute approximate surface area is 133 Å². The second-order valence-electron chi connectivity index (χ2n) is 4.91. The molecule has 1 heterocycles. The molecule has 3 aromatic rings. The molecule has 0 aliphatic heterocycles. The van der Waals surface area contributed by atoms with Crippen LogP contribution in [-0.2, 0) is 0 Å². The van der Waals surface area contributed by atoms with Crippen molar-refractivity contribution in [1.82, 2.24) is 9.55 Å². The molecule has 21 heavy (non-hydrogen) atoms. The first-order valence-corrected chi connectivity index (χ1v) is 7.42. The molecule has 0 spiro atoms. The van der Waals surface area contributed by atoms with E-state index in [1.165, 1.54) is 0 Å². The van der Waals surface area contributed by atoms with Crippen LogP contribution < -0.4 is 4.74 Å².